The number of esters is 1. The summed E-state index contributed by atoms with van der Waals surface area (Å²) in [5.74, 6) is 0.451. The fraction of sp³-hybridized carbons (Fsp3) is 0.562. The van der Waals surface area contributed by atoms with Gasteiger partial charge < -0.3 is 19.9 Å². The van der Waals surface area contributed by atoms with Gasteiger partial charge >= 0.3 is 5.97 Å². The number of ether oxygens (including phenoxy) is 3. The van der Waals surface area contributed by atoms with E-state index >= 15 is 0 Å². The van der Waals surface area contributed by atoms with Crippen LogP contribution in [-0.4, -0.2) is 31.3 Å². The Labute approximate surface area is 125 Å². The van der Waals surface area contributed by atoms with Crippen LogP contribution in [0.2, 0.25) is 0 Å². The van der Waals surface area contributed by atoms with Gasteiger partial charge in [0.1, 0.15) is 17.4 Å². The quantitative estimate of drug-likeness (QED) is 0.813. The van der Waals surface area contributed by atoms with Crippen molar-refractivity contribution in [3.8, 4) is 5.75 Å². The van der Waals surface area contributed by atoms with Crippen molar-refractivity contribution in [1.29, 1.82) is 0 Å². The fourth-order valence-electron chi connectivity index (χ4n) is 2.66. The zero-order valence-corrected chi connectivity index (χ0v) is 12.6. The van der Waals surface area contributed by atoms with E-state index in [-0.39, 0.29) is 12.1 Å². The minimum Gasteiger partial charge on any atom is -0.490 e. The summed E-state index contributed by atoms with van der Waals surface area (Å²) in [7, 11) is 1.66. The molecular weight excluding hydrogens is 270 g/mol. The van der Waals surface area contributed by atoms with Crippen LogP contribution >= 0.6 is 0 Å². The molecule has 0 heterocycles. The Morgan fingerprint density at radius 2 is 2.29 bits per heavy atom. The SMILES string of the molecule is CCOC(=O)C1(N)CCC(Oc2cccc(COC)c2)C1. The number of carbonyl (C=O) groups excluding carboxylic acids is 1. The van der Waals surface area contributed by atoms with Gasteiger partial charge in [0, 0.05) is 13.5 Å². The monoisotopic (exact) mass is 293 g/mol. The standard InChI is InChI=1S/C16H23NO4/c1-3-20-15(18)16(17)8-7-14(10-16)21-13-6-4-5-12(9-13)11-19-2/h4-6,9,14H,3,7-8,10-11,17H2,1-2H3. The van der Waals surface area contributed by atoms with Gasteiger partial charge in [0.05, 0.1) is 13.2 Å². The van der Waals surface area contributed by atoms with Crippen LogP contribution in [0.25, 0.3) is 0 Å². The number of benzene rings is 1. The molecule has 1 aromatic carbocycles. The van der Waals surface area contributed by atoms with Crippen LogP contribution in [0.4, 0.5) is 0 Å². The average Bonchev–Trinajstić information content (AvgIpc) is 2.83. The Bertz CT molecular complexity index is 491. The van der Waals surface area contributed by atoms with E-state index in [0.717, 1.165) is 17.7 Å². The Balaban J connectivity index is 1.96. The lowest BCUT2D eigenvalue weighted by molar-refractivity contribution is -0.149. The van der Waals surface area contributed by atoms with Crippen molar-refractivity contribution in [1.82, 2.24) is 0 Å². The highest BCUT2D eigenvalue weighted by Crippen LogP contribution is 2.32. The Kier molecular flexibility index (Phi) is 5.20. The van der Waals surface area contributed by atoms with Gasteiger partial charge in [-0.25, -0.2) is 0 Å². The van der Waals surface area contributed by atoms with Gasteiger partial charge in [-0.15, -0.1) is 0 Å². The second-order valence-corrected chi connectivity index (χ2v) is 5.44. The third-order valence-corrected chi connectivity index (χ3v) is 3.70. The summed E-state index contributed by atoms with van der Waals surface area (Å²) in [6.45, 7) is 2.68. The molecule has 5 nitrogen and oxygen atoms in total. The van der Waals surface area contributed by atoms with E-state index in [1.165, 1.54) is 0 Å². The summed E-state index contributed by atoms with van der Waals surface area (Å²) in [6.07, 6.45) is 1.77. The fourth-order valence-corrected chi connectivity index (χ4v) is 2.66. The zero-order chi connectivity index (χ0) is 15.3. The highest BCUT2D eigenvalue weighted by Gasteiger charge is 2.44. The minimum absolute atomic E-state index is 0.0581. The molecule has 21 heavy (non-hydrogen) atoms. The first kappa shape index (κ1) is 15.8. The van der Waals surface area contributed by atoms with Crippen molar-refractivity contribution in [3.63, 3.8) is 0 Å². The summed E-state index contributed by atoms with van der Waals surface area (Å²) in [5, 5.41) is 0. The maximum Gasteiger partial charge on any atom is 0.326 e. The molecule has 2 rings (SSSR count). The first-order valence-corrected chi connectivity index (χ1v) is 7.28. The lowest BCUT2D eigenvalue weighted by atomic mass is 9.99. The molecule has 1 aliphatic rings. The molecule has 1 fully saturated rings. The Hall–Kier alpha value is -1.59. The van der Waals surface area contributed by atoms with Crippen molar-refractivity contribution in [2.45, 2.75) is 44.4 Å². The van der Waals surface area contributed by atoms with Gasteiger partial charge in [-0.2, -0.15) is 0 Å². The number of methoxy groups -OCH3 is 1. The van der Waals surface area contributed by atoms with Crippen LogP contribution in [0.3, 0.4) is 0 Å². The number of rotatable bonds is 6. The van der Waals surface area contributed by atoms with Crippen molar-refractivity contribution in [2.24, 2.45) is 5.73 Å². The van der Waals surface area contributed by atoms with E-state index in [4.69, 9.17) is 19.9 Å². The van der Waals surface area contributed by atoms with Gasteiger partial charge in [0.15, 0.2) is 0 Å². The van der Waals surface area contributed by atoms with Crippen LogP contribution in [0.1, 0.15) is 31.7 Å². The molecule has 0 spiro atoms. The molecule has 116 valence electrons. The van der Waals surface area contributed by atoms with Crippen molar-refractivity contribution in [2.75, 3.05) is 13.7 Å². The van der Waals surface area contributed by atoms with Gasteiger partial charge in [-0.3, -0.25) is 4.79 Å². The highest BCUT2D eigenvalue weighted by molar-refractivity contribution is 5.81. The normalized spacial score (nSPS) is 24.8. The molecule has 0 bridgehead atoms. The van der Waals surface area contributed by atoms with Crippen LogP contribution in [-0.2, 0) is 20.9 Å². The molecule has 0 saturated heterocycles. The van der Waals surface area contributed by atoms with Crippen molar-refractivity contribution in [3.05, 3.63) is 29.8 Å². The van der Waals surface area contributed by atoms with Crippen LogP contribution in [0, 0.1) is 0 Å². The zero-order valence-electron chi connectivity index (χ0n) is 12.6. The maximum atomic E-state index is 11.9. The van der Waals surface area contributed by atoms with Gasteiger partial charge in [-0.05, 0) is 37.5 Å². The van der Waals surface area contributed by atoms with Crippen LogP contribution < -0.4 is 10.5 Å². The minimum atomic E-state index is -0.912. The largest absolute Gasteiger partial charge is 0.490 e. The van der Waals surface area contributed by atoms with Crippen molar-refractivity contribution >= 4 is 5.97 Å². The lowest BCUT2D eigenvalue weighted by Gasteiger charge is -2.21. The Morgan fingerprint density at radius 3 is 3.00 bits per heavy atom. The van der Waals surface area contributed by atoms with E-state index in [1.807, 2.05) is 24.3 Å². The predicted molar refractivity (Wildman–Crippen MR) is 79.0 cm³/mol. The molecule has 0 amide bonds. The van der Waals surface area contributed by atoms with E-state index in [2.05, 4.69) is 0 Å². The second-order valence-electron chi connectivity index (χ2n) is 5.44. The molecule has 0 radical (unpaired) electrons. The first-order chi connectivity index (χ1) is 10.1. The van der Waals surface area contributed by atoms with Gasteiger partial charge in [0.25, 0.3) is 0 Å². The summed E-state index contributed by atoms with van der Waals surface area (Å²) in [4.78, 5) is 11.9. The smallest absolute Gasteiger partial charge is 0.326 e. The molecule has 0 aliphatic heterocycles. The molecule has 2 unspecified atom stereocenters. The molecule has 1 aromatic rings. The number of nitrogens with two attached hydrogens (primary N) is 1. The number of hydrogen-bond donors (Lipinski definition) is 1. The number of carbonyl (C=O) groups is 1. The second kappa shape index (κ2) is 6.91. The van der Waals surface area contributed by atoms with E-state index in [0.29, 0.717) is 26.1 Å². The molecular formula is C16H23NO4. The number of hydrogen-bond acceptors (Lipinski definition) is 5. The molecule has 1 saturated carbocycles. The Morgan fingerprint density at radius 1 is 1.48 bits per heavy atom. The van der Waals surface area contributed by atoms with E-state index < -0.39 is 5.54 Å². The third-order valence-electron chi connectivity index (χ3n) is 3.70. The molecule has 5 heteroatoms. The molecule has 2 atom stereocenters. The van der Waals surface area contributed by atoms with Gasteiger partial charge in [-0.1, -0.05) is 12.1 Å². The summed E-state index contributed by atoms with van der Waals surface area (Å²) < 4.78 is 16.1. The topological polar surface area (TPSA) is 70.8 Å². The summed E-state index contributed by atoms with van der Waals surface area (Å²) in [6, 6.07) is 7.76. The third kappa shape index (κ3) is 3.95. The van der Waals surface area contributed by atoms with Crippen LogP contribution in [0.5, 0.6) is 5.75 Å². The predicted octanol–water partition coefficient (Wildman–Crippen LogP) is 2.02. The van der Waals surface area contributed by atoms with Crippen molar-refractivity contribution < 1.29 is 19.0 Å². The molecule has 2 N–H and O–H groups in total. The maximum absolute atomic E-state index is 11.9. The average molecular weight is 293 g/mol. The highest BCUT2D eigenvalue weighted by atomic mass is 16.5. The molecule has 0 aromatic heterocycles. The van der Waals surface area contributed by atoms with E-state index in [1.54, 1.807) is 14.0 Å². The molecule has 1 aliphatic carbocycles. The van der Waals surface area contributed by atoms with Gasteiger partial charge in [0.2, 0.25) is 0 Å². The lowest BCUT2D eigenvalue weighted by Crippen LogP contribution is -2.47. The van der Waals surface area contributed by atoms with E-state index in [9.17, 15) is 4.79 Å². The first-order valence-electron chi connectivity index (χ1n) is 7.28. The van der Waals surface area contributed by atoms with Crippen LogP contribution in [0.15, 0.2) is 24.3 Å². The summed E-state index contributed by atoms with van der Waals surface area (Å²) in [5.41, 5.74) is 6.28. The summed E-state index contributed by atoms with van der Waals surface area (Å²) >= 11 is 0.